The van der Waals surface area contributed by atoms with Crippen LogP contribution < -0.4 is 4.90 Å². The second-order valence-corrected chi connectivity index (χ2v) is 16.9. The number of aromatic nitrogens is 1. The molecule has 2 heterocycles. The molecule has 2 aromatic heterocycles. The van der Waals surface area contributed by atoms with Gasteiger partial charge in [-0.25, -0.2) is 0 Å². The van der Waals surface area contributed by atoms with Crippen molar-refractivity contribution in [2.75, 3.05) is 4.90 Å². The standard InChI is InChI=1S/C62H40N2O/c1-3-16-41(17-4-1)46-36-47(42-18-5-2-6-19-42)38-50(37-46)64-58-28-13-11-25-54(58)56-40-49(34-35-59(56)64)63(48-32-30-44(31-33-48)52-27-15-22-43-20-7-9-23-51(43)52)61-53-24-10-8-21-45(53)39-57-55-26-12-14-29-60(55)65-62(57)61/h1-40H. The van der Waals surface area contributed by atoms with Gasteiger partial charge < -0.3 is 13.9 Å². The van der Waals surface area contributed by atoms with Gasteiger partial charge in [0.25, 0.3) is 0 Å². The van der Waals surface area contributed by atoms with Crippen LogP contribution in [-0.2, 0) is 0 Å². The molecule has 65 heavy (non-hydrogen) atoms. The van der Waals surface area contributed by atoms with Crippen molar-refractivity contribution in [2.24, 2.45) is 0 Å². The van der Waals surface area contributed by atoms with Gasteiger partial charge in [0.1, 0.15) is 5.58 Å². The molecule has 3 nitrogen and oxygen atoms in total. The molecule has 0 radical (unpaired) electrons. The summed E-state index contributed by atoms with van der Waals surface area (Å²) in [5.74, 6) is 0. The Bertz CT molecular complexity index is 3870. The average molecular weight is 829 g/mol. The van der Waals surface area contributed by atoms with Gasteiger partial charge in [-0.15, -0.1) is 0 Å². The molecule has 0 N–H and O–H groups in total. The highest BCUT2D eigenvalue weighted by atomic mass is 16.3. The first-order valence-electron chi connectivity index (χ1n) is 22.2. The smallest absolute Gasteiger partial charge is 0.160 e. The molecule has 0 atom stereocenters. The van der Waals surface area contributed by atoms with Gasteiger partial charge in [0.15, 0.2) is 5.58 Å². The first-order chi connectivity index (χ1) is 32.2. The molecule has 13 aromatic rings. The number of rotatable bonds is 7. The van der Waals surface area contributed by atoms with Crippen molar-refractivity contribution < 1.29 is 4.42 Å². The molecule has 0 fully saturated rings. The van der Waals surface area contributed by atoms with Gasteiger partial charge in [-0.3, -0.25) is 0 Å². The van der Waals surface area contributed by atoms with E-state index in [1.807, 2.05) is 0 Å². The second-order valence-electron chi connectivity index (χ2n) is 16.9. The predicted octanol–water partition coefficient (Wildman–Crippen LogP) is 17.5. The van der Waals surface area contributed by atoms with Gasteiger partial charge in [-0.1, -0.05) is 176 Å². The first-order valence-corrected chi connectivity index (χ1v) is 22.2. The summed E-state index contributed by atoms with van der Waals surface area (Å²) in [6, 6.07) is 87.8. The van der Waals surface area contributed by atoms with E-state index in [9.17, 15) is 0 Å². The van der Waals surface area contributed by atoms with E-state index in [1.165, 1.54) is 54.9 Å². The van der Waals surface area contributed by atoms with Crippen LogP contribution >= 0.6 is 0 Å². The maximum atomic E-state index is 6.93. The fourth-order valence-corrected chi connectivity index (χ4v) is 10.1. The van der Waals surface area contributed by atoms with Crippen molar-refractivity contribution in [3.63, 3.8) is 0 Å². The molecule has 304 valence electrons. The van der Waals surface area contributed by atoms with Gasteiger partial charge in [0.05, 0.1) is 16.7 Å². The number of hydrogen-bond donors (Lipinski definition) is 0. The fourth-order valence-electron chi connectivity index (χ4n) is 10.1. The summed E-state index contributed by atoms with van der Waals surface area (Å²) >= 11 is 0. The van der Waals surface area contributed by atoms with Crippen molar-refractivity contribution >= 4 is 82.4 Å². The zero-order chi connectivity index (χ0) is 42.8. The van der Waals surface area contributed by atoms with Gasteiger partial charge in [0.2, 0.25) is 0 Å². The number of anilines is 3. The summed E-state index contributed by atoms with van der Waals surface area (Å²) in [6.07, 6.45) is 0. The Kier molecular flexibility index (Phi) is 8.53. The molecule has 0 saturated carbocycles. The van der Waals surface area contributed by atoms with Crippen LogP contribution in [0.5, 0.6) is 0 Å². The lowest BCUT2D eigenvalue weighted by molar-refractivity contribution is 0.669. The van der Waals surface area contributed by atoms with Gasteiger partial charge in [-0.2, -0.15) is 0 Å². The number of para-hydroxylation sites is 2. The van der Waals surface area contributed by atoms with Crippen LogP contribution in [0.3, 0.4) is 0 Å². The predicted molar refractivity (Wildman–Crippen MR) is 274 cm³/mol. The highest BCUT2D eigenvalue weighted by Crippen LogP contribution is 2.48. The summed E-state index contributed by atoms with van der Waals surface area (Å²) in [4.78, 5) is 2.41. The van der Waals surface area contributed by atoms with E-state index in [1.54, 1.807) is 0 Å². The minimum Gasteiger partial charge on any atom is -0.454 e. The van der Waals surface area contributed by atoms with Crippen molar-refractivity contribution in [1.82, 2.24) is 4.57 Å². The monoisotopic (exact) mass is 828 g/mol. The van der Waals surface area contributed by atoms with Crippen molar-refractivity contribution in [3.8, 4) is 39.1 Å². The molecule has 3 heteroatoms. The minimum absolute atomic E-state index is 0.858. The van der Waals surface area contributed by atoms with E-state index in [4.69, 9.17) is 4.42 Å². The topological polar surface area (TPSA) is 21.3 Å². The minimum atomic E-state index is 0.858. The zero-order valence-corrected chi connectivity index (χ0v) is 35.4. The van der Waals surface area contributed by atoms with E-state index in [0.717, 1.165) is 66.5 Å². The van der Waals surface area contributed by atoms with E-state index in [-0.39, 0.29) is 0 Å². The van der Waals surface area contributed by atoms with Crippen molar-refractivity contribution in [1.29, 1.82) is 0 Å². The number of furan rings is 1. The lowest BCUT2D eigenvalue weighted by atomic mass is 9.97. The number of hydrogen-bond acceptors (Lipinski definition) is 2. The summed E-state index contributed by atoms with van der Waals surface area (Å²) in [5.41, 5.74) is 15.3. The highest BCUT2D eigenvalue weighted by Gasteiger charge is 2.24. The lowest BCUT2D eigenvalue weighted by Gasteiger charge is -2.27. The molecular weight excluding hydrogens is 789 g/mol. The molecule has 0 aliphatic rings. The summed E-state index contributed by atoms with van der Waals surface area (Å²) in [6.45, 7) is 0. The Morgan fingerprint density at radius 3 is 1.66 bits per heavy atom. The molecule has 0 unspecified atom stereocenters. The largest absolute Gasteiger partial charge is 0.454 e. The molecule has 0 saturated heterocycles. The van der Waals surface area contributed by atoms with Crippen LogP contribution in [-0.4, -0.2) is 4.57 Å². The van der Waals surface area contributed by atoms with E-state index < -0.39 is 0 Å². The van der Waals surface area contributed by atoms with E-state index in [0.29, 0.717) is 0 Å². The zero-order valence-electron chi connectivity index (χ0n) is 35.4. The second kappa shape index (κ2) is 15.0. The van der Waals surface area contributed by atoms with Crippen molar-refractivity contribution in [3.05, 3.63) is 243 Å². The fraction of sp³-hybridized carbons (Fsp3) is 0. The molecule has 13 rings (SSSR count). The van der Waals surface area contributed by atoms with Crippen LogP contribution in [0.2, 0.25) is 0 Å². The van der Waals surface area contributed by atoms with Gasteiger partial charge in [0, 0.05) is 44.0 Å². The summed E-state index contributed by atoms with van der Waals surface area (Å²) in [5, 5.41) is 9.30. The van der Waals surface area contributed by atoms with Crippen LogP contribution in [0.25, 0.3) is 104 Å². The van der Waals surface area contributed by atoms with Gasteiger partial charge >= 0.3 is 0 Å². The molecule has 0 amide bonds. The quantitative estimate of drug-likeness (QED) is 0.160. The third kappa shape index (κ3) is 6.12. The average Bonchev–Trinajstić information content (AvgIpc) is 3.92. The molecule has 0 aliphatic carbocycles. The number of fused-ring (bicyclic) bond motifs is 8. The third-order valence-electron chi connectivity index (χ3n) is 13.1. The lowest BCUT2D eigenvalue weighted by Crippen LogP contribution is -2.11. The Labute approximate surface area is 376 Å². The molecular formula is C62H40N2O. The maximum absolute atomic E-state index is 6.93. The Hall–Kier alpha value is -8.66. The Balaban J connectivity index is 1.06. The van der Waals surface area contributed by atoms with E-state index in [2.05, 4.69) is 252 Å². The van der Waals surface area contributed by atoms with Crippen LogP contribution in [0.1, 0.15) is 0 Å². The molecule has 0 spiro atoms. The van der Waals surface area contributed by atoms with Gasteiger partial charge in [-0.05, 0) is 116 Å². The first kappa shape index (κ1) is 36.9. The molecule has 0 aliphatic heterocycles. The molecule has 11 aromatic carbocycles. The van der Waals surface area contributed by atoms with Crippen molar-refractivity contribution in [2.45, 2.75) is 0 Å². The maximum Gasteiger partial charge on any atom is 0.160 e. The van der Waals surface area contributed by atoms with E-state index >= 15 is 0 Å². The summed E-state index contributed by atoms with van der Waals surface area (Å²) < 4.78 is 9.36. The Morgan fingerprint density at radius 2 is 0.908 bits per heavy atom. The number of benzene rings is 11. The third-order valence-corrected chi connectivity index (χ3v) is 13.1. The van der Waals surface area contributed by atoms with Crippen LogP contribution in [0.15, 0.2) is 247 Å². The van der Waals surface area contributed by atoms with Crippen LogP contribution in [0, 0.1) is 0 Å². The highest BCUT2D eigenvalue weighted by molar-refractivity contribution is 6.20. The Morgan fingerprint density at radius 1 is 0.323 bits per heavy atom. The summed E-state index contributed by atoms with van der Waals surface area (Å²) in [7, 11) is 0. The normalized spacial score (nSPS) is 11.7. The van der Waals surface area contributed by atoms with Crippen LogP contribution in [0.4, 0.5) is 17.1 Å². The SMILES string of the molecule is c1ccc(-c2cc(-c3ccccc3)cc(-n3c4ccccc4c4cc(N(c5ccc(-c6cccc7ccccc67)cc5)c5c6ccccc6cc6c5oc5ccccc56)ccc43)c2)cc1. The number of nitrogens with zero attached hydrogens (tertiary/aromatic N) is 2. The molecule has 0 bridgehead atoms.